The smallest absolute Gasteiger partial charge is 0.241 e. The summed E-state index contributed by atoms with van der Waals surface area (Å²) in [5, 5.41) is 7.30. The summed E-state index contributed by atoms with van der Waals surface area (Å²) in [6.07, 6.45) is 5.88. The molecule has 1 aromatic heterocycles. The lowest BCUT2D eigenvalue weighted by Gasteiger charge is -2.34. The molecular weight excluding hydrogens is 290 g/mol. The van der Waals surface area contributed by atoms with Gasteiger partial charge in [-0.1, -0.05) is 30.3 Å². The minimum Gasteiger partial charge on any atom is -0.367 e. The van der Waals surface area contributed by atoms with E-state index >= 15 is 0 Å². The lowest BCUT2D eigenvalue weighted by Crippen LogP contribution is -2.49. The predicted molar refractivity (Wildman–Crippen MR) is 90.0 cm³/mol. The minimum absolute atomic E-state index is 0.116. The highest BCUT2D eigenvalue weighted by Crippen LogP contribution is 2.19. The molecule has 2 atom stereocenters. The van der Waals surface area contributed by atoms with Crippen LogP contribution in [-0.2, 0) is 11.8 Å². The first-order valence-corrected chi connectivity index (χ1v) is 7.98. The van der Waals surface area contributed by atoms with Gasteiger partial charge in [-0.3, -0.25) is 9.48 Å². The van der Waals surface area contributed by atoms with Crippen molar-refractivity contribution < 1.29 is 4.79 Å². The number of hydrogen-bond donors (Lipinski definition) is 2. The second-order valence-corrected chi connectivity index (χ2v) is 6.05. The van der Waals surface area contributed by atoms with Crippen LogP contribution >= 0.6 is 0 Å². The zero-order valence-corrected chi connectivity index (χ0v) is 13.4. The SMILES string of the molecule is Cn1cc(N2CCCC(NC(=O)C(N)c3ccccc3)C2)cn1. The quantitative estimate of drug-likeness (QED) is 0.889. The second-order valence-electron chi connectivity index (χ2n) is 6.05. The van der Waals surface area contributed by atoms with E-state index in [2.05, 4.69) is 15.3 Å². The van der Waals surface area contributed by atoms with Gasteiger partial charge in [-0.05, 0) is 18.4 Å². The molecule has 0 bridgehead atoms. The molecule has 3 N–H and O–H groups in total. The number of anilines is 1. The molecule has 1 aliphatic rings. The highest BCUT2D eigenvalue weighted by atomic mass is 16.2. The molecule has 2 aromatic rings. The summed E-state index contributed by atoms with van der Waals surface area (Å²) in [4.78, 5) is 14.6. The minimum atomic E-state index is -0.620. The molecular formula is C17H23N5O. The molecule has 2 heterocycles. The van der Waals surface area contributed by atoms with Crippen LogP contribution in [0.4, 0.5) is 5.69 Å². The molecule has 0 aliphatic carbocycles. The summed E-state index contributed by atoms with van der Waals surface area (Å²) < 4.78 is 1.79. The zero-order valence-electron chi connectivity index (χ0n) is 13.4. The fourth-order valence-electron chi connectivity index (χ4n) is 3.00. The van der Waals surface area contributed by atoms with Crippen molar-refractivity contribution in [1.29, 1.82) is 0 Å². The third kappa shape index (κ3) is 3.71. The van der Waals surface area contributed by atoms with E-state index in [4.69, 9.17) is 5.73 Å². The first kappa shape index (κ1) is 15.6. The maximum atomic E-state index is 12.4. The predicted octanol–water partition coefficient (Wildman–Crippen LogP) is 1.21. The molecule has 6 nitrogen and oxygen atoms in total. The van der Waals surface area contributed by atoms with Gasteiger partial charge < -0.3 is 16.0 Å². The number of hydrogen-bond acceptors (Lipinski definition) is 4. The van der Waals surface area contributed by atoms with E-state index in [0.717, 1.165) is 37.2 Å². The average molecular weight is 313 g/mol. The third-order valence-corrected chi connectivity index (χ3v) is 4.27. The number of carbonyl (C=O) groups is 1. The van der Waals surface area contributed by atoms with Crippen molar-refractivity contribution in [3.05, 3.63) is 48.3 Å². The van der Waals surface area contributed by atoms with Crippen molar-refractivity contribution in [3.63, 3.8) is 0 Å². The van der Waals surface area contributed by atoms with Crippen molar-refractivity contribution in [2.45, 2.75) is 24.9 Å². The van der Waals surface area contributed by atoms with Gasteiger partial charge in [-0.2, -0.15) is 5.10 Å². The lowest BCUT2D eigenvalue weighted by atomic mass is 10.0. The van der Waals surface area contributed by atoms with Gasteiger partial charge in [0.15, 0.2) is 0 Å². The van der Waals surface area contributed by atoms with Gasteiger partial charge in [-0.25, -0.2) is 0 Å². The Morgan fingerprint density at radius 3 is 2.87 bits per heavy atom. The zero-order chi connectivity index (χ0) is 16.2. The van der Waals surface area contributed by atoms with Crippen LogP contribution in [0, 0.1) is 0 Å². The van der Waals surface area contributed by atoms with E-state index in [1.807, 2.05) is 49.8 Å². The molecule has 1 aliphatic heterocycles. The molecule has 6 heteroatoms. The highest BCUT2D eigenvalue weighted by Gasteiger charge is 2.24. The van der Waals surface area contributed by atoms with Gasteiger partial charge in [0.1, 0.15) is 6.04 Å². The summed E-state index contributed by atoms with van der Waals surface area (Å²) in [5.41, 5.74) is 8.00. The Labute approximate surface area is 136 Å². The second kappa shape index (κ2) is 6.83. The van der Waals surface area contributed by atoms with E-state index in [-0.39, 0.29) is 11.9 Å². The third-order valence-electron chi connectivity index (χ3n) is 4.27. The molecule has 122 valence electrons. The number of nitrogens with one attached hydrogen (secondary N) is 1. The average Bonchev–Trinajstić information content (AvgIpc) is 3.02. The number of amides is 1. The van der Waals surface area contributed by atoms with Crippen LogP contribution in [0.3, 0.4) is 0 Å². The Balaban J connectivity index is 1.60. The molecule has 3 rings (SSSR count). The maximum Gasteiger partial charge on any atom is 0.241 e. The highest BCUT2D eigenvalue weighted by molar-refractivity contribution is 5.83. The number of aromatic nitrogens is 2. The largest absolute Gasteiger partial charge is 0.367 e. The van der Waals surface area contributed by atoms with Gasteiger partial charge >= 0.3 is 0 Å². The number of aryl methyl sites for hydroxylation is 1. The summed E-state index contributed by atoms with van der Waals surface area (Å²) in [6.45, 7) is 1.78. The van der Waals surface area contributed by atoms with E-state index in [1.54, 1.807) is 4.68 Å². The number of rotatable bonds is 4. The standard InChI is InChI=1S/C17H23N5O/c1-21-12-15(10-19-21)22-9-5-8-14(11-22)20-17(23)16(18)13-6-3-2-4-7-13/h2-4,6-7,10,12,14,16H,5,8-9,11,18H2,1H3,(H,20,23). The van der Waals surface area contributed by atoms with Gasteiger partial charge in [0.25, 0.3) is 0 Å². The van der Waals surface area contributed by atoms with Crippen molar-refractivity contribution in [1.82, 2.24) is 15.1 Å². The van der Waals surface area contributed by atoms with Crippen LogP contribution in [-0.4, -0.2) is 34.8 Å². The molecule has 1 aromatic carbocycles. The lowest BCUT2D eigenvalue weighted by molar-refractivity contribution is -0.123. The Kier molecular flexibility index (Phi) is 4.62. The number of piperidine rings is 1. The monoisotopic (exact) mass is 313 g/mol. The number of carbonyl (C=O) groups excluding carboxylic acids is 1. The fraction of sp³-hybridized carbons (Fsp3) is 0.412. The molecule has 0 saturated carbocycles. The van der Waals surface area contributed by atoms with E-state index in [0.29, 0.717) is 0 Å². The summed E-state index contributed by atoms with van der Waals surface area (Å²) in [5.74, 6) is -0.116. The molecule has 2 unspecified atom stereocenters. The molecule has 1 saturated heterocycles. The molecule has 0 spiro atoms. The van der Waals surface area contributed by atoms with Crippen molar-refractivity contribution in [2.75, 3.05) is 18.0 Å². The van der Waals surface area contributed by atoms with E-state index < -0.39 is 6.04 Å². The van der Waals surface area contributed by atoms with Gasteiger partial charge in [0.05, 0.1) is 11.9 Å². The van der Waals surface area contributed by atoms with Crippen LogP contribution in [0.1, 0.15) is 24.4 Å². The number of benzene rings is 1. The van der Waals surface area contributed by atoms with Crippen LogP contribution in [0.15, 0.2) is 42.7 Å². The summed E-state index contributed by atoms with van der Waals surface area (Å²) in [6, 6.07) is 8.97. The Hall–Kier alpha value is -2.34. The number of nitrogens with two attached hydrogens (primary N) is 1. The molecule has 1 amide bonds. The van der Waals surface area contributed by atoms with Crippen LogP contribution in [0.2, 0.25) is 0 Å². The first-order chi connectivity index (χ1) is 11.1. The van der Waals surface area contributed by atoms with Crippen molar-refractivity contribution in [2.24, 2.45) is 12.8 Å². The van der Waals surface area contributed by atoms with E-state index in [9.17, 15) is 4.79 Å². The van der Waals surface area contributed by atoms with Crippen LogP contribution in [0.25, 0.3) is 0 Å². The van der Waals surface area contributed by atoms with Crippen LogP contribution < -0.4 is 16.0 Å². The molecule has 0 radical (unpaired) electrons. The van der Waals surface area contributed by atoms with Crippen molar-refractivity contribution >= 4 is 11.6 Å². The normalized spacial score (nSPS) is 19.4. The van der Waals surface area contributed by atoms with Gasteiger partial charge in [0.2, 0.25) is 5.91 Å². The Morgan fingerprint density at radius 1 is 1.39 bits per heavy atom. The first-order valence-electron chi connectivity index (χ1n) is 7.98. The maximum absolute atomic E-state index is 12.4. The van der Waals surface area contributed by atoms with Crippen LogP contribution in [0.5, 0.6) is 0 Å². The van der Waals surface area contributed by atoms with Crippen molar-refractivity contribution in [3.8, 4) is 0 Å². The topological polar surface area (TPSA) is 76.2 Å². The Morgan fingerprint density at radius 2 is 2.17 bits per heavy atom. The van der Waals surface area contributed by atoms with E-state index in [1.165, 1.54) is 0 Å². The molecule has 1 fully saturated rings. The fourth-order valence-corrected chi connectivity index (χ4v) is 3.00. The number of nitrogens with zero attached hydrogens (tertiary/aromatic N) is 3. The summed E-state index contributed by atoms with van der Waals surface area (Å²) >= 11 is 0. The molecule has 23 heavy (non-hydrogen) atoms. The van der Waals surface area contributed by atoms with Gasteiger partial charge in [-0.15, -0.1) is 0 Å². The summed E-state index contributed by atoms with van der Waals surface area (Å²) in [7, 11) is 1.91. The van der Waals surface area contributed by atoms with Gasteiger partial charge in [0, 0.05) is 32.4 Å². The Bertz CT molecular complexity index is 654.